The monoisotopic (exact) mass is 869 g/mol. The second-order valence-electron chi connectivity index (χ2n) is 17.9. The first kappa shape index (κ1) is 59.3. The maximum absolute atomic E-state index is 12.9. The molecule has 7 nitrogen and oxygen atoms in total. The van der Waals surface area contributed by atoms with Crippen molar-refractivity contribution in [2.45, 2.75) is 276 Å². The van der Waals surface area contributed by atoms with Gasteiger partial charge < -0.3 is 20.9 Å². The molecule has 0 aromatic heterocycles. The number of carbonyl (C=O) groups is 3. The van der Waals surface area contributed by atoms with Gasteiger partial charge in [0.2, 0.25) is 5.91 Å². The molecule has 1 amide bonds. The number of ether oxygens (including phenoxy) is 1. The molecule has 7 heteroatoms. The second kappa shape index (κ2) is 49.3. The predicted octanol–water partition coefficient (Wildman–Crippen LogP) is 15.9. The highest BCUT2D eigenvalue weighted by Crippen LogP contribution is 2.19. The fourth-order valence-electron chi connectivity index (χ4n) is 7.87. The number of amides is 1. The molecule has 0 radical (unpaired) electrons. The van der Waals surface area contributed by atoms with Crippen molar-refractivity contribution in [3.63, 3.8) is 0 Å². The van der Waals surface area contributed by atoms with Crippen molar-refractivity contribution in [2.24, 2.45) is 5.73 Å². The molecule has 0 bridgehead atoms. The lowest BCUT2D eigenvalue weighted by Gasteiger charge is -2.18. The lowest BCUT2D eigenvalue weighted by molar-refractivity contribution is -0.150. The smallest absolute Gasteiger partial charge is 0.326 e. The van der Waals surface area contributed by atoms with Crippen molar-refractivity contribution in [1.82, 2.24) is 5.32 Å². The molecule has 0 saturated heterocycles. The SMILES string of the molecule is CCCCCCC/C=C\C/C=C\C/C=C\CCCCCCCCC(=O)OC(CCCCC/C=C\CCCCCCCCCC)CCCCCCCC(=O)NC(CCCN)C(=O)O. The Balaban J connectivity index is 4.33. The molecule has 0 rings (SSSR count). The molecule has 2 unspecified atom stereocenters. The van der Waals surface area contributed by atoms with Crippen LogP contribution < -0.4 is 11.1 Å². The van der Waals surface area contributed by atoms with Gasteiger partial charge in [0.05, 0.1) is 0 Å². The highest BCUT2D eigenvalue weighted by atomic mass is 16.5. The normalized spacial score (nSPS) is 13.0. The minimum absolute atomic E-state index is 0.0115. The number of allylic oxidation sites excluding steroid dienone is 8. The van der Waals surface area contributed by atoms with E-state index in [9.17, 15) is 19.5 Å². The van der Waals surface area contributed by atoms with E-state index in [1.54, 1.807) is 0 Å². The van der Waals surface area contributed by atoms with Crippen LogP contribution in [-0.4, -0.2) is 41.6 Å². The summed E-state index contributed by atoms with van der Waals surface area (Å²) in [6.07, 6.45) is 61.7. The van der Waals surface area contributed by atoms with Crippen LogP contribution in [0.25, 0.3) is 0 Å². The third kappa shape index (κ3) is 45.4. The lowest BCUT2D eigenvalue weighted by atomic mass is 10.0. The average molecular weight is 869 g/mol. The van der Waals surface area contributed by atoms with E-state index < -0.39 is 12.0 Å². The van der Waals surface area contributed by atoms with Crippen LogP contribution in [0.15, 0.2) is 48.6 Å². The van der Waals surface area contributed by atoms with Gasteiger partial charge in [-0.25, -0.2) is 4.79 Å². The molecule has 360 valence electrons. The van der Waals surface area contributed by atoms with Crippen LogP contribution in [-0.2, 0) is 19.1 Å². The first-order chi connectivity index (χ1) is 30.4. The summed E-state index contributed by atoms with van der Waals surface area (Å²) in [6, 6.07) is -0.861. The highest BCUT2D eigenvalue weighted by Gasteiger charge is 2.19. The number of carbonyl (C=O) groups excluding carboxylic acids is 2. The van der Waals surface area contributed by atoms with Gasteiger partial charge in [-0.2, -0.15) is 0 Å². The first-order valence-electron chi connectivity index (χ1n) is 26.5. The number of nitrogens with one attached hydrogen (secondary N) is 1. The van der Waals surface area contributed by atoms with Crippen molar-refractivity contribution in [1.29, 1.82) is 0 Å². The van der Waals surface area contributed by atoms with Crippen LogP contribution >= 0.6 is 0 Å². The molecule has 0 aromatic rings. The summed E-state index contributed by atoms with van der Waals surface area (Å²) in [6.45, 7) is 4.95. The Morgan fingerprint density at radius 2 is 0.839 bits per heavy atom. The summed E-state index contributed by atoms with van der Waals surface area (Å²) >= 11 is 0. The molecular weight excluding hydrogens is 769 g/mol. The zero-order valence-corrected chi connectivity index (χ0v) is 40.7. The summed E-state index contributed by atoms with van der Waals surface area (Å²) in [7, 11) is 0. The fraction of sp³-hybridized carbons (Fsp3) is 0.800. The van der Waals surface area contributed by atoms with Crippen LogP contribution in [0, 0.1) is 0 Å². The Morgan fingerprint density at radius 1 is 0.468 bits per heavy atom. The van der Waals surface area contributed by atoms with Crippen LogP contribution in [0.5, 0.6) is 0 Å². The molecule has 62 heavy (non-hydrogen) atoms. The molecule has 0 aliphatic carbocycles. The molecular formula is C55H100N2O5. The largest absolute Gasteiger partial charge is 0.480 e. The summed E-state index contributed by atoms with van der Waals surface area (Å²) in [5, 5.41) is 12.0. The Morgan fingerprint density at radius 3 is 1.29 bits per heavy atom. The average Bonchev–Trinajstić information content (AvgIpc) is 3.26. The van der Waals surface area contributed by atoms with Crippen LogP contribution in [0.4, 0.5) is 0 Å². The van der Waals surface area contributed by atoms with Crippen molar-refractivity contribution in [2.75, 3.05) is 6.54 Å². The van der Waals surface area contributed by atoms with Crippen molar-refractivity contribution in [3.05, 3.63) is 48.6 Å². The Hall–Kier alpha value is -2.67. The van der Waals surface area contributed by atoms with Gasteiger partial charge >= 0.3 is 11.9 Å². The number of carboxylic acids is 1. The number of nitrogens with two attached hydrogens (primary N) is 1. The standard InChI is InChI=1S/C55H100N2O5/c1-3-5-7-9-11-13-15-17-19-20-21-22-23-24-26-28-30-32-34-39-43-49-54(59)62-51(45-40-36-33-31-29-27-25-18-16-14-12-10-8-6-4-2)46-41-37-35-38-42-48-53(58)57-52(55(60)61)47-44-50-56/h15,17,20-21,23-24,27,29,51-52H,3-14,16,18-19,22,25-26,28,30-50,56H2,1-2H3,(H,57,58)(H,60,61)/b17-15-,21-20-,24-23-,29-27-. The Kier molecular flexibility index (Phi) is 47.2. The maximum atomic E-state index is 12.9. The van der Waals surface area contributed by atoms with E-state index in [4.69, 9.17) is 10.5 Å². The number of hydrogen-bond donors (Lipinski definition) is 3. The van der Waals surface area contributed by atoms with E-state index in [2.05, 4.69) is 67.8 Å². The molecule has 0 aromatic carbocycles. The number of carboxylic acid groups (broad SMARTS) is 1. The zero-order chi connectivity index (χ0) is 45.2. The van der Waals surface area contributed by atoms with E-state index in [-0.39, 0.29) is 18.0 Å². The zero-order valence-electron chi connectivity index (χ0n) is 40.7. The molecule has 0 saturated carbocycles. The Bertz CT molecular complexity index is 1110. The van der Waals surface area contributed by atoms with E-state index in [1.807, 2.05) is 0 Å². The van der Waals surface area contributed by atoms with Gasteiger partial charge in [0, 0.05) is 12.8 Å². The third-order valence-corrected chi connectivity index (χ3v) is 11.9. The third-order valence-electron chi connectivity index (χ3n) is 11.9. The molecule has 0 spiro atoms. The predicted molar refractivity (Wildman–Crippen MR) is 266 cm³/mol. The highest BCUT2D eigenvalue weighted by molar-refractivity contribution is 5.83. The van der Waals surface area contributed by atoms with Gasteiger partial charge in [-0.1, -0.05) is 184 Å². The molecule has 2 atom stereocenters. The lowest BCUT2D eigenvalue weighted by Crippen LogP contribution is -2.40. The van der Waals surface area contributed by atoms with Crippen molar-refractivity contribution in [3.8, 4) is 0 Å². The van der Waals surface area contributed by atoms with E-state index in [0.717, 1.165) is 96.3 Å². The van der Waals surface area contributed by atoms with Crippen LogP contribution in [0.2, 0.25) is 0 Å². The second-order valence-corrected chi connectivity index (χ2v) is 17.9. The van der Waals surface area contributed by atoms with Gasteiger partial charge in [0.15, 0.2) is 0 Å². The van der Waals surface area contributed by atoms with Gasteiger partial charge in [0.25, 0.3) is 0 Å². The van der Waals surface area contributed by atoms with E-state index >= 15 is 0 Å². The number of aliphatic carboxylic acids is 1. The summed E-state index contributed by atoms with van der Waals surface area (Å²) in [5.41, 5.74) is 5.50. The molecule has 0 aliphatic rings. The number of hydrogen-bond acceptors (Lipinski definition) is 5. The van der Waals surface area contributed by atoms with Crippen LogP contribution in [0.1, 0.15) is 264 Å². The van der Waals surface area contributed by atoms with Gasteiger partial charge in [-0.3, -0.25) is 9.59 Å². The van der Waals surface area contributed by atoms with Gasteiger partial charge in [0.1, 0.15) is 12.1 Å². The minimum Gasteiger partial charge on any atom is -0.480 e. The minimum atomic E-state index is -1.01. The number of rotatable bonds is 48. The molecule has 0 heterocycles. The Labute approximate surface area is 383 Å². The summed E-state index contributed by atoms with van der Waals surface area (Å²) in [4.78, 5) is 36.6. The van der Waals surface area contributed by atoms with Crippen LogP contribution in [0.3, 0.4) is 0 Å². The summed E-state index contributed by atoms with van der Waals surface area (Å²) in [5.74, 6) is -1.25. The van der Waals surface area contributed by atoms with Crippen molar-refractivity contribution >= 4 is 17.8 Å². The molecule has 0 aliphatic heterocycles. The van der Waals surface area contributed by atoms with Gasteiger partial charge in [-0.05, 0) is 122 Å². The summed E-state index contributed by atoms with van der Waals surface area (Å²) < 4.78 is 6.08. The van der Waals surface area contributed by atoms with E-state index in [1.165, 1.54) is 128 Å². The number of esters is 1. The topological polar surface area (TPSA) is 119 Å². The fourth-order valence-corrected chi connectivity index (χ4v) is 7.87. The molecule has 0 fully saturated rings. The number of unbranched alkanes of at least 4 members (excludes halogenated alkanes) is 26. The van der Waals surface area contributed by atoms with E-state index in [0.29, 0.717) is 32.2 Å². The van der Waals surface area contributed by atoms with Crippen molar-refractivity contribution < 1.29 is 24.2 Å². The first-order valence-corrected chi connectivity index (χ1v) is 26.5. The quantitative estimate of drug-likeness (QED) is 0.0318. The molecule has 4 N–H and O–H groups in total. The maximum Gasteiger partial charge on any atom is 0.326 e. The van der Waals surface area contributed by atoms with Gasteiger partial charge in [-0.15, -0.1) is 0 Å².